The van der Waals surface area contributed by atoms with Crippen molar-refractivity contribution in [1.82, 2.24) is 5.32 Å². The molecule has 0 saturated heterocycles. The van der Waals surface area contributed by atoms with Crippen molar-refractivity contribution in [2.45, 2.75) is 11.3 Å². The Bertz CT molecular complexity index is 1190. The number of anilines is 1. The molecular weight excluding hydrogens is 464 g/mol. The lowest BCUT2D eigenvalue weighted by Crippen LogP contribution is -2.41. The van der Waals surface area contributed by atoms with Crippen LogP contribution >= 0.6 is 11.6 Å². The van der Waals surface area contributed by atoms with E-state index in [0.717, 1.165) is 9.87 Å². The number of halogens is 1. The van der Waals surface area contributed by atoms with Crippen LogP contribution in [0.5, 0.6) is 11.5 Å². The Hall–Kier alpha value is -3.23. The largest absolute Gasteiger partial charge is 0.493 e. The minimum Gasteiger partial charge on any atom is -0.493 e. The molecule has 33 heavy (non-hydrogen) atoms. The van der Waals surface area contributed by atoms with E-state index in [1.807, 2.05) is 12.1 Å². The van der Waals surface area contributed by atoms with Crippen LogP contribution in [0.1, 0.15) is 5.56 Å². The van der Waals surface area contributed by atoms with E-state index in [9.17, 15) is 13.2 Å². The number of carbonyl (C=O) groups is 1. The number of amides is 1. The van der Waals surface area contributed by atoms with Crippen molar-refractivity contribution in [1.29, 1.82) is 0 Å². The van der Waals surface area contributed by atoms with Gasteiger partial charge in [-0.1, -0.05) is 35.9 Å². The van der Waals surface area contributed by atoms with Crippen LogP contribution < -0.4 is 19.1 Å². The Morgan fingerprint density at radius 1 is 0.939 bits per heavy atom. The van der Waals surface area contributed by atoms with E-state index in [1.54, 1.807) is 62.8 Å². The molecule has 0 aromatic heterocycles. The SMILES string of the molecule is COc1ccc(CCNC(=O)CN(c2ccc(Cl)cc2)S(=O)(=O)c2ccccc2)cc1OC. The van der Waals surface area contributed by atoms with E-state index in [4.69, 9.17) is 21.1 Å². The number of rotatable bonds is 10. The van der Waals surface area contributed by atoms with Gasteiger partial charge in [-0.25, -0.2) is 8.42 Å². The van der Waals surface area contributed by atoms with Crippen LogP contribution in [0.4, 0.5) is 5.69 Å². The molecule has 174 valence electrons. The van der Waals surface area contributed by atoms with Crippen molar-refractivity contribution in [3.05, 3.63) is 83.4 Å². The van der Waals surface area contributed by atoms with E-state index in [-0.39, 0.29) is 11.4 Å². The highest BCUT2D eigenvalue weighted by Crippen LogP contribution is 2.28. The number of hydrogen-bond acceptors (Lipinski definition) is 5. The lowest BCUT2D eigenvalue weighted by molar-refractivity contribution is -0.119. The van der Waals surface area contributed by atoms with Gasteiger partial charge in [0.2, 0.25) is 5.91 Å². The van der Waals surface area contributed by atoms with Crippen LogP contribution in [0.3, 0.4) is 0 Å². The second-order valence-electron chi connectivity index (χ2n) is 7.09. The maximum Gasteiger partial charge on any atom is 0.264 e. The van der Waals surface area contributed by atoms with Gasteiger partial charge in [0, 0.05) is 11.6 Å². The molecule has 7 nitrogen and oxygen atoms in total. The molecule has 0 fully saturated rings. The minimum atomic E-state index is -3.96. The van der Waals surface area contributed by atoms with Crippen molar-refractivity contribution in [3.8, 4) is 11.5 Å². The fourth-order valence-corrected chi connectivity index (χ4v) is 4.78. The van der Waals surface area contributed by atoms with Gasteiger partial charge in [0.1, 0.15) is 6.54 Å². The molecule has 0 aliphatic carbocycles. The third kappa shape index (κ3) is 6.18. The summed E-state index contributed by atoms with van der Waals surface area (Å²) in [5.74, 6) is 0.795. The zero-order valence-corrected chi connectivity index (χ0v) is 19.9. The lowest BCUT2D eigenvalue weighted by atomic mass is 10.1. The molecule has 0 spiro atoms. The minimum absolute atomic E-state index is 0.0954. The number of methoxy groups -OCH3 is 2. The highest BCUT2D eigenvalue weighted by molar-refractivity contribution is 7.92. The van der Waals surface area contributed by atoms with Crippen LogP contribution in [0.25, 0.3) is 0 Å². The first-order valence-electron chi connectivity index (χ1n) is 10.2. The lowest BCUT2D eigenvalue weighted by Gasteiger charge is -2.24. The van der Waals surface area contributed by atoms with E-state index >= 15 is 0 Å². The van der Waals surface area contributed by atoms with Crippen LogP contribution in [0.15, 0.2) is 77.7 Å². The summed E-state index contributed by atoms with van der Waals surface area (Å²) in [6.45, 7) is -0.0427. The summed E-state index contributed by atoms with van der Waals surface area (Å²) < 4.78 is 38.1. The number of hydrogen-bond donors (Lipinski definition) is 1. The first-order valence-corrected chi connectivity index (χ1v) is 12.0. The molecule has 0 unspecified atom stereocenters. The van der Waals surface area contributed by atoms with Crippen molar-refractivity contribution in [2.75, 3.05) is 31.6 Å². The van der Waals surface area contributed by atoms with Gasteiger partial charge in [-0.05, 0) is 60.5 Å². The third-order valence-electron chi connectivity index (χ3n) is 4.92. The van der Waals surface area contributed by atoms with Crippen molar-refractivity contribution in [2.24, 2.45) is 0 Å². The number of carbonyl (C=O) groups excluding carboxylic acids is 1. The Balaban J connectivity index is 1.72. The zero-order valence-electron chi connectivity index (χ0n) is 18.3. The molecular formula is C24H25ClN2O5S. The van der Waals surface area contributed by atoms with Gasteiger partial charge in [-0.15, -0.1) is 0 Å². The average molecular weight is 489 g/mol. The Morgan fingerprint density at radius 3 is 2.24 bits per heavy atom. The smallest absolute Gasteiger partial charge is 0.264 e. The topological polar surface area (TPSA) is 84.9 Å². The summed E-state index contributed by atoms with van der Waals surface area (Å²) in [5, 5.41) is 3.26. The molecule has 0 bridgehead atoms. The van der Waals surface area contributed by atoms with E-state index < -0.39 is 15.9 Å². The molecule has 0 aliphatic heterocycles. The van der Waals surface area contributed by atoms with Crippen molar-refractivity contribution in [3.63, 3.8) is 0 Å². The predicted molar refractivity (Wildman–Crippen MR) is 129 cm³/mol. The molecule has 0 aliphatic rings. The first kappa shape index (κ1) is 24.4. The molecule has 9 heteroatoms. The van der Waals surface area contributed by atoms with Gasteiger partial charge in [0.05, 0.1) is 24.8 Å². The van der Waals surface area contributed by atoms with Gasteiger partial charge >= 0.3 is 0 Å². The summed E-state index contributed by atoms with van der Waals surface area (Å²) in [5.41, 5.74) is 1.29. The zero-order chi connectivity index (χ0) is 23.8. The number of sulfonamides is 1. The Labute approximate surface area is 198 Å². The normalized spacial score (nSPS) is 11.0. The second-order valence-corrected chi connectivity index (χ2v) is 9.39. The summed E-state index contributed by atoms with van der Waals surface area (Å²) in [7, 11) is -0.836. The molecule has 3 rings (SSSR count). The summed E-state index contributed by atoms with van der Waals surface area (Å²) in [6, 6.07) is 19.8. The molecule has 0 radical (unpaired) electrons. The summed E-state index contributed by atoms with van der Waals surface area (Å²) >= 11 is 5.96. The fraction of sp³-hybridized carbons (Fsp3) is 0.208. The van der Waals surface area contributed by atoms with Crippen molar-refractivity contribution < 1.29 is 22.7 Å². The van der Waals surface area contributed by atoms with Gasteiger partial charge in [-0.2, -0.15) is 0 Å². The fourth-order valence-electron chi connectivity index (χ4n) is 3.21. The van der Waals surface area contributed by atoms with Crippen LogP contribution in [-0.4, -0.2) is 41.6 Å². The first-order chi connectivity index (χ1) is 15.8. The molecule has 0 heterocycles. The summed E-state index contributed by atoms with van der Waals surface area (Å²) in [6.07, 6.45) is 0.540. The molecule has 1 N–H and O–H groups in total. The van der Waals surface area contributed by atoms with E-state index in [1.165, 1.54) is 12.1 Å². The van der Waals surface area contributed by atoms with E-state index in [2.05, 4.69) is 5.32 Å². The van der Waals surface area contributed by atoms with Crippen LogP contribution in [0, 0.1) is 0 Å². The van der Waals surface area contributed by atoms with Gasteiger partial charge < -0.3 is 14.8 Å². The molecule has 3 aromatic rings. The monoisotopic (exact) mass is 488 g/mol. The summed E-state index contributed by atoms with van der Waals surface area (Å²) in [4.78, 5) is 12.8. The van der Waals surface area contributed by atoms with Crippen LogP contribution in [-0.2, 0) is 21.2 Å². The highest BCUT2D eigenvalue weighted by atomic mass is 35.5. The Kier molecular flexibility index (Phi) is 8.19. The second kappa shape index (κ2) is 11.1. The maximum atomic E-state index is 13.3. The van der Waals surface area contributed by atoms with Gasteiger partial charge in [-0.3, -0.25) is 9.10 Å². The highest BCUT2D eigenvalue weighted by Gasteiger charge is 2.27. The van der Waals surface area contributed by atoms with Crippen LogP contribution in [0.2, 0.25) is 5.02 Å². The van der Waals surface area contributed by atoms with Crippen molar-refractivity contribution >= 4 is 33.2 Å². The number of benzene rings is 3. The third-order valence-corrected chi connectivity index (χ3v) is 6.96. The number of nitrogens with zero attached hydrogens (tertiary/aromatic N) is 1. The number of ether oxygens (including phenoxy) is 2. The molecule has 0 saturated carbocycles. The molecule has 3 aromatic carbocycles. The Morgan fingerprint density at radius 2 is 1.61 bits per heavy atom. The molecule has 1 amide bonds. The van der Waals surface area contributed by atoms with Gasteiger partial charge in [0.25, 0.3) is 10.0 Å². The standard InChI is InChI=1S/C24H25ClN2O5S/c1-31-22-13-8-18(16-23(22)32-2)14-15-26-24(28)17-27(20-11-9-19(25)10-12-20)33(29,30)21-6-4-3-5-7-21/h3-13,16H,14-15,17H2,1-2H3,(H,26,28). The van der Waals surface area contributed by atoms with Gasteiger partial charge in [0.15, 0.2) is 11.5 Å². The quantitative estimate of drug-likeness (QED) is 0.467. The predicted octanol–water partition coefficient (Wildman–Crippen LogP) is 3.91. The van der Waals surface area contributed by atoms with E-state index in [0.29, 0.717) is 35.2 Å². The molecule has 0 atom stereocenters. The number of nitrogens with one attached hydrogen (secondary N) is 1. The average Bonchev–Trinajstić information content (AvgIpc) is 2.83. The maximum absolute atomic E-state index is 13.3.